The lowest BCUT2D eigenvalue weighted by atomic mass is 10.1. The Morgan fingerprint density at radius 3 is 2.15 bits per heavy atom. The highest BCUT2D eigenvalue weighted by atomic mass is 16.3. The number of nitrogens with one attached hydrogen (secondary N) is 1. The van der Waals surface area contributed by atoms with Crippen LogP contribution in [0.15, 0.2) is 42.5 Å². The summed E-state index contributed by atoms with van der Waals surface area (Å²) < 4.78 is 0. The molecule has 4 N–H and O–H groups in total. The Bertz CT molecular complexity index is 546. The van der Waals surface area contributed by atoms with E-state index in [0.717, 1.165) is 16.8 Å². The second-order valence-corrected chi connectivity index (χ2v) is 4.82. The van der Waals surface area contributed by atoms with Crippen molar-refractivity contribution in [3.63, 3.8) is 0 Å². The maximum absolute atomic E-state index is 9.49. The summed E-state index contributed by atoms with van der Waals surface area (Å²) >= 11 is 0. The molecule has 0 bridgehead atoms. The molecule has 1 atom stereocenters. The van der Waals surface area contributed by atoms with Gasteiger partial charge in [-0.05, 0) is 48.7 Å². The minimum absolute atomic E-state index is 0.0447. The lowest BCUT2D eigenvalue weighted by Gasteiger charge is -2.16. The molecule has 0 radical (unpaired) electrons. The molecule has 2 aromatic rings. The van der Waals surface area contributed by atoms with E-state index in [2.05, 4.69) is 5.32 Å². The van der Waals surface area contributed by atoms with Gasteiger partial charge in [-0.1, -0.05) is 12.1 Å². The standard InChI is InChI=1S/C16H19NO3/c1-11(13-8-15(19)10-16(20)9-13)17-14-4-2-12(3-5-14)6-7-18/h2-5,8-11,17-20H,6-7H2,1H3. The van der Waals surface area contributed by atoms with Gasteiger partial charge in [0.15, 0.2) is 0 Å². The SMILES string of the molecule is CC(Nc1ccc(CCO)cc1)c1cc(O)cc(O)c1. The Kier molecular flexibility index (Phi) is 4.48. The average Bonchev–Trinajstić information content (AvgIpc) is 2.40. The van der Waals surface area contributed by atoms with Crippen LogP contribution >= 0.6 is 0 Å². The van der Waals surface area contributed by atoms with Gasteiger partial charge >= 0.3 is 0 Å². The molecule has 0 aromatic heterocycles. The molecule has 0 aliphatic heterocycles. The maximum Gasteiger partial charge on any atom is 0.119 e. The first kappa shape index (κ1) is 14.2. The summed E-state index contributed by atoms with van der Waals surface area (Å²) in [6, 6.07) is 12.3. The van der Waals surface area contributed by atoms with Crippen molar-refractivity contribution in [1.29, 1.82) is 0 Å². The van der Waals surface area contributed by atoms with Crippen LogP contribution in [0.2, 0.25) is 0 Å². The van der Waals surface area contributed by atoms with Crippen LogP contribution in [0.5, 0.6) is 11.5 Å². The van der Waals surface area contributed by atoms with Crippen molar-refractivity contribution in [1.82, 2.24) is 0 Å². The van der Waals surface area contributed by atoms with Gasteiger partial charge in [0.2, 0.25) is 0 Å². The first-order chi connectivity index (χ1) is 9.58. The molecule has 4 heteroatoms. The van der Waals surface area contributed by atoms with Crippen molar-refractivity contribution >= 4 is 5.69 Å². The summed E-state index contributed by atoms with van der Waals surface area (Å²) in [6.45, 7) is 2.10. The molecule has 20 heavy (non-hydrogen) atoms. The van der Waals surface area contributed by atoms with Gasteiger partial charge < -0.3 is 20.6 Å². The van der Waals surface area contributed by atoms with Gasteiger partial charge in [0.25, 0.3) is 0 Å². The third kappa shape index (κ3) is 3.65. The van der Waals surface area contributed by atoms with Gasteiger partial charge in [-0.15, -0.1) is 0 Å². The lowest BCUT2D eigenvalue weighted by Crippen LogP contribution is -2.06. The highest BCUT2D eigenvalue weighted by Gasteiger charge is 2.08. The van der Waals surface area contributed by atoms with E-state index >= 15 is 0 Å². The molecule has 0 aliphatic carbocycles. The summed E-state index contributed by atoms with van der Waals surface area (Å²) in [7, 11) is 0. The van der Waals surface area contributed by atoms with Gasteiger partial charge in [-0.2, -0.15) is 0 Å². The van der Waals surface area contributed by atoms with E-state index in [4.69, 9.17) is 5.11 Å². The number of benzene rings is 2. The highest BCUT2D eigenvalue weighted by molar-refractivity contribution is 5.48. The third-order valence-electron chi connectivity index (χ3n) is 3.16. The number of phenolic OH excluding ortho intramolecular Hbond substituents is 2. The monoisotopic (exact) mass is 273 g/mol. The molecule has 0 spiro atoms. The second-order valence-electron chi connectivity index (χ2n) is 4.82. The van der Waals surface area contributed by atoms with E-state index in [1.165, 1.54) is 6.07 Å². The normalized spacial score (nSPS) is 12.1. The molecule has 0 heterocycles. The van der Waals surface area contributed by atoms with Gasteiger partial charge in [0, 0.05) is 24.4 Å². The summed E-state index contributed by atoms with van der Waals surface area (Å²) in [4.78, 5) is 0. The minimum atomic E-state index is -0.0447. The number of hydrogen-bond acceptors (Lipinski definition) is 4. The Balaban J connectivity index is 2.08. The van der Waals surface area contributed by atoms with Crippen LogP contribution < -0.4 is 5.32 Å². The molecule has 0 saturated carbocycles. The van der Waals surface area contributed by atoms with E-state index in [1.54, 1.807) is 12.1 Å². The molecule has 0 amide bonds. The first-order valence-electron chi connectivity index (χ1n) is 6.58. The van der Waals surface area contributed by atoms with Crippen LogP contribution in [0.25, 0.3) is 0 Å². The van der Waals surface area contributed by atoms with Crippen LogP contribution in [0.1, 0.15) is 24.1 Å². The van der Waals surface area contributed by atoms with Crippen molar-refractivity contribution in [2.45, 2.75) is 19.4 Å². The molecule has 0 aliphatic rings. The smallest absolute Gasteiger partial charge is 0.119 e. The van der Waals surface area contributed by atoms with Crippen molar-refractivity contribution in [2.24, 2.45) is 0 Å². The number of rotatable bonds is 5. The molecular formula is C16H19NO3. The van der Waals surface area contributed by atoms with E-state index in [1.807, 2.05) is 31.2 Å². The quantitative estimate of drug-likeness (QED) is 0.676. The third-order valence-corrected chi connectivity index (χ3v) is 3.16. The number of aliphatic hydroxyl groups is 1. The predicted molar refractivity (Wildman–Crippen MR) is 79.0 cm³/mol. The summed E-state index contributed by atoms with van der Waals surface area (Å²) in [5.41, 5.74) is 2.84. The minimum Gasteiger partial charge on any atom is -0.508 e. The van der Waals surface area contributed by atoms with Crippen molar-refractivity contribution < 1.29 is 15.3 Å². The molecule has 4 nitrogen and oxygen atoms in total. The molecule has 106 valence electrons. The van der Waals surface area contributed by atoms with Crippen molar-refractivity contribution in [3.8, 4) is 11.5 Å². The highest BCUT2D eigenvalue weighted by Crippen LogP contribution is 2.27. The largest absolute Gasteiger partial charge is 0.508 e. The van der Waals surface area contributed by atoms with Crippen LogP contribution in [-0.4, -0.2) is 21.9 Å². The predicted octanol–water partition coefficient (Wildman–Crippen LogP) is 2.81. The maximum atomic E-state index is 9.49. The number of aliphatic hydroxyl groups excluding tert-OH is 1. The fourth-order valence-corrected chi connectivity index (χ4v) is 2.10. The second kappa shape index (κ2) is 6.30. The zero-order chi connectivity index (χ0) is 14.5. The Morgan fingerprint density at radius 1 is 1.00 bits per heavy atom. The van der Waals surface area contributed by atoms with E-state index in [-0.39, 0.29) is 24.1 Å². The molecular weight excluding hydrogens is 254 g/mol. The van der Waals surface area contributed by atoms with Crippen LogP contribution in [0, 0.1) is 0 Å². The molecule has 2 rings (SSSR count). The lowest BCUT2D eigenvalue weighted by molar-refractivity contribution is 0.299. The summed E-state index contributed by atoms with van der Waals surface area (Å²) in [5.74, 6) is 0.0962. The van der Waals surface area contributed by atoms with E-state index < -0.39 is 0 Å². The zero-order valence-electron chi connectivity index (χ0n) is 11.4. The average molecular weight is 273 g/mol. The van der Waals surface area contributed by atoms with Gasteiger partial charge in [-0.3, -0.25) is 0 Å². The zero-order valence-corrected chi connectivity index (χ0v) is 11.4. The topological polar surface area (TPSA) is 72.7 Å². The molecule has 0 fully saturated rings. The van der Waals surface area contributed by atoms with E-state index in [9.17, 15) is 10.2 Å². The number of aromatic hydroxyl groups is 2. The molecule has 1 unspecified atom stereocenters. The fraction of sp³-hybridized carbons (Fsp3) is 0.250. The summed E-state index contributed by atoms with van der Waals surface area (Å²) in [6.07, 6.45) is 0.649. The number of anilines is 1. The van der Waals surface area contributed by atoms with Crippen molar-refractivity contribution in [3.05, 3.63) is 53.6 Å². The van der Waals surface area contributed by atoms with Crippen LogP contribution in [0.3, 0.4) is 0 Å². The Hall–Kier alpha value is -2.20. The first-order valence-corrected chi connectivity index (χ1v) is 6.58. The van der Waals surface area contributed by atoms with Crippen LogP contribution in [-0.2, 0) is 6.42 Å². The van der Waals surface area contributed by atoms with Crippen LogP contribution in [0.4, 0.5) is 5.69 Å². The van der Waals surface area contributed by atoms with Crippen molar-refractivity contribution in [2.75, 3.05) is 11.9 Å². The molecule has 2 aromatic carbocycles. The van der Waals surface area contributed by atoms with Gasteiger partial charge in [0.05, 0.1) is 0 Å². The van der Waals surface area contributed by atoms with Gasteiger partial charge in [0.1, 0.15) is 11.5 Å². The number of phenols is 2. The summed E-state index contributed by atoms with van der Waals surface area (Å²) in [5, 5.41) is 31.2. The fourth-order valence-electron chi connectivity index (χ4n) is 2.10. The van der Waals surface area contributed by atoms with Gasteiger partial charge in [-0.25, -0.2) is 0 Å². The van der Waals surface area contributed by atoms with E-state index in [0.29, 0.717) is 6.42 Å². The Morgan fingerprint density at radius 2 is 1.60 bits per heavy atom. The Labute approximate surface area is 118 Å². The molecule has 0 saturated heterocycles. The number of hydrogen-bond donors (Lipinski definition) is 4.